The first-order chi connectivity index (χ1) is 19.4. The standard InChI is InChI=1S/C30H39N7O2S/c1-34-27-20-23(5-6-26(27)29(33-34)37-18-12-28(38)32-30(37)39)22-8-14-35(15-9-22)13-7-21-3-2-4-25(19-21)40-36-16-10-24(31)11-17-36/h2-6,19-20,22,24H,7-18,31H2,1H3,(H,32,38,39). The van der Waals surface area contributed by atoms with E-state index in [0.29, 0.717) is 30.7 Å². The number of nitrogens with two attached hydrogens (primary N) is 1. The number of hydrogen-bond acceptors (Lipinski definition) is 7. The van der Waals surface area contributed by atoms with Crippen LogP contribution in [-0.4, -0.2) is 76.2 Å². The Hall–Kier alpha value is -2.92. The van der Waals surface area contributed by atoms with Gasteiger partial charge in [0.15, 0.2) is 5.82 Å². The summed E-state index contributed by atoms with van der Waals surface area (Å²) in [7, 11) is 1.92. The molecule has 9 nitrogen and oxygen atoms in total. The number of aryl methyl sites for hydroxylation is 1. The Balaban J connectivity index is 1.03. The summed E-state index contributed by atoms with van der Waals surface area (Å²) >= 11 is 1.87. The number of benzene rings is 2. The van der Waals surface area contributed by atoms with Crippen molar-refractivity contribution in [1.82, 2.24) is 24.3 Å². The summed E-state index contributed by atoms with van der Waals surface area (Å²) in [5.41, 5.74) is 9.82. The van der Waals surface area contributed by atoms with Crippen LogP contribution in [0.4, 0.5) is 10.6 Å². The van der Waals surface area contributed by atoms with Crippen LogP contribution >= 0.6 is 11.9 Å². The predicted octanol–water partition coefficient (Wildman–Crippen LogP) is 3.87. The summed E-state index contributed by atoms with van der Waals surface area (Å²) < 4.78 is 4.29. The number of likely N-dealkylation sites (tertiary alicyclic amines) is 1. The minimum absolute atomic E-state index is 0.235. The lowest BCUT2D eigenvalue weighted by atomic mass is 9.89. The van der Waals surface area contributed by atoms with Crippen LogP contribution in [0.1, 0.15) is 49.1 Å². The minimum atomic E-state index is -0.398. The summed E-state index contributed by atoms with van der Waals surface area (Å²) in [6, 6.07) is 15.5. The van der Waals surface area contributed by atoms with E-state index in [4.69, 9.17) is 5.73 Å². The van der Waals surface area contributed by atoms with E-state index in [1.165, 1.54) is 16.0 Å². The van der Waals surface area contributed by atoms with Crippen LogP contribution in [0.15, 0.2) is 47.4 Å². The lowest BCUT2D eigenvalue weighted by Gasteiger charge is -2.32. The number of carbonyl (C=O) groups is 2. The Morgan fingerprint density at radius 2 is 1.80 bits per heavy atom. The molecule has 0 atom stereocenters. The third-order valence-electron chi connectivity index (χ3n) is 8.57. The van der Waals surface area contributed by atoms with Crippen LogP contribution in [0.25, 0.3) is 10.9 Å². The van der Waals surface area contributed by atoms with Gasteiger partial charge in [0, 0.05) is 56.0 Å². The average Bonchev–Trinajstić information content (AvgIpc) is 3.29. The summed E-state index contributed by atoms with van der Waals surface area (Å²) in [6.07, 6.45) is 5.81. The number of hydrogen-bond donors (Lipinski definition) is 2. The molecular formula is C30H39N7O2S. The number of nitrogens with zero attached hydrogens (tertiary/aromatic N) is 5. The first-order valence-corrected chi connectivity index (χ1v) is 15.3. The lowest BCUT2D eigenvalue weighted by Crippen LogP contribution is -2.49. The number of fused-ring (bicyclic) bond motifs is 1. The highest BCUT2D eigenvalue weighted by Crippen LogP contribution is 2.34. The summed E-state index contributed by atoms with van der Waals surface area (Å²) in [4.78, 5) is 29.5. The molecule has 4 heterocycles. The third-order valence-corrected chi connectivity index (χ3v) is 9.66. The quantitative estimate of drug-likeness (QED) is 0.423. The predicted molar refractivity (Wildman–Crippen MR) is 159 cm³/mol. The van der Waals surface area contributed by atoms with Gasteiger partial charge < -0.3 is 10.6 Å². The highest BCUT2D eigenvalue weighted by molar-refractivity contribution is 7.97. The molecule has 3 saturated heterocycles. The molecule has 212 valence electrons. The van der Waals surface area contributed by atoms with Gasteiger partial charge in [0.05, 0.1) is 5.52 Å². The molecule has 6 rings (SSSR count). The summed E-state index contributed by atoms with van der Waals surface area (Å²) in [5, 5.41) is 7.97. The number of carbonyl (C=O) groups excluding carboxylic acids is 2. The van der Waals surface area contributed by atoms with Gasteiger partial charge in [0.1, 0.15) is 0 Å². The van der Waals surface area contributed by atoms with Crippen molar-refractivity contribution in [2.24, 2.45) is 12.8 Å². The van der Waals surface area contributed by atoms with Gasteiger partial charge in [-0.15, -0.1) is 0 Å². The highest BCUT2D eigenvalue weighted by Gasteiger charge is 2.28. The molecule has 1 aromatic heterocycles. The molecule has 3 N–H and O–H groups in total. The van der Waals surface area contributed by atoms with E-state index in [9.17, 15) is 9.59 Å². The topological polar surface area (TPSA) is 99.7 Å². The number of imide groups is 1. The minimum Gasteiger partial charge on any atom is -0.328 e. The molecule has 0 bridgehead atoms. The number of piperidine rings is 2. The molecular weight excluding hydrogens is 522 g/mol. The van der Waals surface area contributed by atoms with Crippen molar-refractivity contribution >= 4 is 40.6 Å². The molecule has 0 unspecified atom stereocenters. The Morgan fingerprint density at radius 3 is 2.58 bits per heavy atom. The molecule has 3 amide bonds. The van der Waals surface area contributed by atoms with E-state index in [1.54, 1.807) is 4.90 Å². The monoisotopic (exact) mass is 561 g/mol. The molecule has 10 heteroatoms. The van der Waals surface area contributed by atoms with Crippen LogP contribution in [0, 0.1) is 0 Å². The summed E-state index contributed by atoms with van der Waals surface area (Å²) in [5.74, 6) is 0.903. The normalized spacial score (nSPS) is 20.4. The van der Waals surface area contributed by atoms with Crippen molar-refractivity contribution in [3.05, 3.63) is 53.6 Å². The lowest BCUT2D eigenvalue weighted by molar-refractivity contribution is -0.120. The average molecular weight is 562 g/mol. The Bertz CT molecular complexity index is 1380. The Kier molecular flexibility index (Phi) is 8.11. The van der Waals surface area contributed by atoms with Crippen molar-refractivity contribution in [3.63, 3.8) is 0 Å². The van der Waals surface area contributed by atoms with E-state index in [1.807, 2.05) is 23.7 Å². The van der Waals surface area contributed by atoms with Gasteiger partial charge in [-0.05, 0) is 98.5 Å². The van der Waals surface area contributed by atoms with Gasteiger partial charge in [-0.2, -0.15) is 5.10 Å². The van der Waals surface area contributed by atoms with Crippen molar-refractivity contribution in [3.8, 4) is 0 Å². The second-order valence-electron chi connectivity index (χ2n) is 11.3. The van der Waals surface area contributed by atoms with E-state index in [0.717, 1.165) is 75.7 Å². The Labute approximate surface area is 240 Å². The first-order valence-electron chi connectivity index (χ1n) is 14.5. The zero-order valence-corrected chi connectivity index (χ0v) is 24.0. The molecule has 3 fully saturated rings. The SMILES string of the molecule is Cn1nc(N2CCC(=O)NC2=O)c2ccc(C3CCN(CCc4cccc(SN5CCC(N)CC5)c4)CC3)cc21. The molecule has 3 aromatic rings. The number of amides is 3. The van der Waals surface area contributed by atoms with Gasteiger partial charge in [-0.25, -0.2) is 9.10 Å². The fourth-order valence-corrected chi connectivity index (χ4v) is 7.16. The van der Waals surface area contributed by atoms with E-state index >= 15 is 0 Å². The number of aromatic nitrogens is 2. The molecule has 2 aromatic carbocycles. The summed E-state index contributed by atoms with van der Waals surface area (Å²) in [6.45, 7) is 5.78. The van der Waals surface area contributed by atoms with E-state index in [2.05, 4.69) is 62.1 Å². The van der Waals surface area contributed by atoms with Crippen LogP contribution in [0.2, 0.25) is 0 Å². The fraction of sp³-hybridized carbons (Fsp3) is 0.500. The highest BCUT2D eigenvalue weighted by atomic mass is 32.2. The largest absolute Gasteiger partial charge is 0.329 e. The van der Waals surface area contributed by atoms with Crippen LogP contribution in [0.5, 0.6) is 0 Å². The molecule has 3 aliphatic heterocycles. The smallest absolute Gasteiger partial charge is 0.328 e. The zero-order valence-electron chi connectivity index (χ0n) is 23.2. The van der Waals surface area contributed by atoms with Crippen molar-refractivity contribution in [2.45, 2.75) is 55.4 Å². The van der Waals surface area contributed by atoms with Crippen LogP contribution in [0.3, 0.4) is 0 Å². The van der Waals surface area contributed by atoms with Crippen LogP contribution in [-0.2, 0) is 18.3 Å². The van der Waals surface area contributed by atoms with Crippen LogP contribution < -0.4 is 16.0 Å². The number of nitrogens with one attached hydrogen (secondary N) is 1. The zero-order chi connectivity index (χ0) is 27.6. The maximum atomic E-state index is 12.4. The van der Waals surface area contributed by atoms with E-state index in [-0.39, 0.29) is 5.91 Å². The third kappa shape index (κ3) is 6.05. The van der Waals surface area contributed by atoms with Crippen molar-refractivity contribution < 1.29 is 9.59 Å². The maximum Gasteiger partial charge on any atom is 0.329 e. The van der Waals surface area contributed by atoms with Gasteiger partial charge in [0.2, 0.25) is 5.91 Å². The Morgan fingerprint density at radius 1 is 1.00 bits per heavy atom. The molecule has 3 aliphatic rings. The van der Waals surface area contributed by atoms with Gasteiger partial charge in [-0.3, -0.25) is 19.7 Å². The van der Waals surface area contributed by atoms with Crippen molar-refractivity contribution in [2.75, 3.05) is 44.2 Å². The van der Waals surface area contributed by atoms with Crippen molar-refractivity contribution in [1.29, 1.82) is 0 Å². The first kappa shape index (κ1) is 27.3. The molecule has 0 radical (unpaired) electrons. The second kappa shape index (κ2) is 11.9. The molecule has 0 saturated carbocycles. The maximum absolute atomic E-state index is 12.4. The molecule has 0 spiro atoms. The molecule has 0 aliphatic carbocycles. The van der Waals surface area contributed by atoms with Gasteiger partial charge in [-0.1, -0.05) is 18.2 Å². The van der Waals surface area contributed by atoms with Gasteiger partial charge in [0.25, 0.3) is 0 Å². The number of rotatable bonds is 7. The second-order valence-corrected chi connectivity index (χ2v) is 12.5. The van der Waals surface area contributed by atoms with E-state index < -0.39 is 6.03 Å². The molecule has 40 heavy (non-hydrogen) atoms. The fourth-order valence-electron chi connectivity index (χ4n) is 6.13. The number of anilines is 1. The number of urea groups is 1. The van der Waals surface area contributed by atoms with Gasteiger partial charge >= 0.3 is 6.03 Å².